The van der Waals surface area contributed by atoms with Gasteiger partial charge in [-0.25, -0.2) is 4.98 Å². The van der Waals surface area contributed by atoms with Crippen LogP contribution in [-0.4, -0.2) is 16.3 Å². The lowest BCUT2D eigenvalue weighted by molar-refractivity contribution is -0.384. The third-order valence-electron chi connectivity index (χ3n) is 2.68. The van der Waals surface area contributed by atoms with Gasteiger partial charge in [-0.1, -0.05) is 11.6 Å². The normalized spacial score (nSPS) is 11.3. The average Bonchev–Trinajstić information content (AvgIpc) is 2.80. The fraction of sp³-hybridized carbons (Fsp3) is 0.250. The summed E-state index contributed by atoms with van der Waals surface area (Å²) >= 11 is 6.87. The van der Waals surface area contributed by atoms with Crippen LogP contribution in [0.2, 0.25) is 4.47 Å². The fourth-order valence-corrected chi connectivity index (χ4v) is 2.76. The third-order valence-corrected chi connectivity index (χ3v) is 3.80. The maximum atomic E-state index is 12.3. The zero-order valence-corrected chi connectivity index (χ0v) is 13.1. The smallest absolute Gasteiger partial charge is 0.406 e. The molecule has 1 aromatic heterocycles. The summed E-state index contributed by atoms with van der Waals surface area (Å²) in [5.74, 6) is -0.645. The van der Waals surface area contributed by atoms with Crippen LogP contribution >= 0.6 is 22.9 Å². The third kappa shape index (κ3) is 4.70. The lowest BCUT2D eigenvalue weighted by atomic mass is 10.1. The molecule has 0 saturated heterocycles. The van der Waals surface area contributed by atoms with Crippen molar-refractivity contribution in [2.45, 2.75) is 19.8 Å². The van der Waals surface area contributed by atoms with Gasteiger partial charge in [0.25, 0.3) is 5.69 Å². The van der Waals surface area contributed by atoms with Gasteiger partial charge in [-0.2, -0.15) is 0 Å². The largest absolute Gasteiger partial charge is 0.573 e. The summed E-state index contributed by atoms with van der Waals surface area (Å²) in [7, 11) is 0. The second kappa shape index (κ2) is 6.59. The Bertz CT molecular complexity index is 736. The molecule has 2 aromatic rings. The van der Waals surface area contributed by atoms with Gasteiger partial charge in [0.2, 0.25) is 0 Å². The second-order valence-electron chi connectivity index (χ2n) is 4.37. The first-order chi connectivity index (χ1) is 10.7. The summed E-state index contributed by atoms with van der Waals surface area (Å²) in [6, 6.07) is 1.80. The number of nitro groups is 1. The summed E-state index contributed by atoms with van der Waals surface area (Å²) in [6.07, 6.45) is -3.42. The Morgan fingerprint density at radius 1 is 1.48 bits per heavy atom. The van der Waals surface area contributed by atoms with E-state index in [-0.39, 0.29) is 17.8 Å². The molecule has 0 radical (unpaired) electrons. The van der Waals surface area contributed by atoms with Crippen LogP contribution in [0.15, 0.2) is 18.3 Å². The Hall–Kier alpha value is -2.07. The van der Waals surface area contributed by atoms with Crippen LogP contribution in [0.4, 0.5) is 24.5 Å². The number of nitrogens with one attached hydrogen (secondary N) is 1. The number of rotatable bonds is 5. The minimum atomic E-state index is -4.92. The lowest BCUT2D eigenvalue weighted by Crippen LogP contribution is -2.17. The minimum absolute atomic E-state index is 0.106. The minimum Gasteiger partial charge on any atom is -0.406 e. The summed E-state index contributed by atoms with van der Waals surface area (Å²) < 4.78 is 40.8. The van der Waals surface area contributed by atoms with E-state index >= 15 is 0 Å². The van der Waals surface area contributed by atoms with E-state index in [9.17, 15) is 23.3 Å². The highest BCUT2D eigenvalue weighted by Crippen LogP contribution is 2.35. The van der Waals surface area contributed by atoms with Crippen molar-refractivity contribution in [1.82, 2.24) is 4.98 Å². The molecule has 23 heavy (non-hydrogen) atoms. The van der Waals surface area contributed by atoms with Crippen molar-refractivity contribution in [3.8, 4) is 5.75 Å². The summed E-state index contributed by atoms with van der Waals surface area (Å²) in [5.41, 5.74) is -0.164. The molecule has 0 aliphatic carbocycles. The van der Waals surface area contributed by atoms with E-state index in [2.05, 4.69) is 15.0 Å². The van der Waals surface area contributed by atoms with E-state index in [1.165, 1.54) is 24.5 Å². The van der Waals surface area contributed by atoms with E-state index in [1.807, 2.05) is 0 Å². The van der Waals surface area contributed by atoms with E-state index in [0.29, 0.717) is 4.47 Å². The molecule has 6 nitrogen and oxygen atoms in total. The van der Waals surface area contributed by atoms with Crippen molar-refractivity contribution < 1.29 is 22.8 Å². The van der Waals surface area contributed by atoms with Crippen molar-refractivity contribution in [3.63, 3.8) is 0 Å². The maximum absolute atomic E-state index is 12.3. The molecular weight excluding hydrogens is 359 g/mol. The zero-order chi connectivity index (χ0) is 17.2. The van der Waals surface area contributed by atoms with Crippen LogP contribution in [0.5, 0.6) is 5.75 Å². The van der Waals surface area contributed by atoms with Gasteiger partial charge >= 0.3 is 6.36 Å². The predicted octanol–water partition coefficient (Wildman–Crippen LogP) is 4.52. The molecule has 0 atom stereocenters. The van der Waals surface area contributed by atoms with Gasteiger partial charge in [0, 0.05) is 11.1 Å². The van der Waals surface area contributed by atoms with Gasteiger partial charge < -0.3 is 10.1 Å². The van der Waals surface area contributed by atoms with Crippen molar-refractivity contribution in [2.75, 3.05) is 5.32 Å². The van der Waals surface area contributed by atoms with Crippen molar-refractivity contribution >= 4 is 34.3 Å². The Labute approximate surface area is 137 Å². The molecular formula is C12H9ClF3N3O3S. The maximum Gasteiger partial charge on any atom is 0.573 e. The summed E-state index contributed by atoms with van der Waals surface area (Å²) in [5, 5.41) is 13.9. The number of nitrogens with zero attached hydrogens (tertiary/aromatic N) is 2. The Balaban J connectivity index is 2.29. The number of halogens is 4. The Morgan fingerprint density at radius 2 is 2.17 bits per heavy atom. The molecule has 0 unspecified atom stereocenters. The number of ether oxygens (including phenoxy) is 1. The van der Waals surface area contributed by atoms with Crippen molar-refractivity contribution in [3.05, 3.63) is 43.4 Å². The number of aryl methyl sites for hydroxylation is 1. The molecule has 0 aliphatic rings. The number of anilines is 1. The van der Waals surface area contributed by atoms with Gasteiger partial charge in [0.15, 0.2) is 4.47 Å². The van der Waals surface area contributed by atoms with E-state index in [4.69, 9.17) is 11.6 Å². The van der Waals surface area contributed by atoms with E-state index in [1.54, 1.807) is 0 Å². The zero-order valence-electron chi connectivity index (χ0n) is 11.5. The van der Waals surface area contributed by atoms with Crippen LogP contribution in [-0.2, 0) is 6.54 Å². The molecule has 0 spiro atoms. The molecule has 0 bridgehead atoms. The topological polar surface area (TPSA) is 77.3 Å². The number of aromatic nitrogens is 1. The van der Waals surface area contributed by atoms with E-state index in [0.717, 1.165) is 17.0 Å². The van der Waals surface area contributed by atoms with Crippen molar-refractivity contribution in [1.29, 1.82) is 0 Å². The molecule has 0 saturated carbocycles. The molecule has 1 aromatic carbocycles. The highest BCUT2D eigenvalue weighted by atomic mass is 35.5. The van der Waals surface area contributed by atoms with Gasteiger partial charge in [-0.05, 0) is 18.6 Å². The Morgan fingerprint density at radius 3 is 2.70 bits per heavy atom. The SMILES string of the molecule is Cc1cc(OC(F)(F)F)cc([N+](=O)[O-])c1NCc1cnc(Cl)s1. The summed E-state index contributed by atoms with van der Waals surface area (Å²) in [4.78, 5) is 14.9. The number of hydrogen-bond donors (Lipinski definition) is 1. The fourth-order valence-electron chi connectivity index (χ4n) is 1.84. The molecule has 1 N–H and O–H groups in total. The predicted molar refractivity (Wildman–Crippen MR) is 79.0 cm³/mol. The molecule has 1 heterocycles. The van der Waals surface area contributed by atoms with Gasteiger partial charge in [0.1, 0.15) is 11.4 Å². The van der Waals surface area contributed by atoms with Gasteiger partial charge in [-0.3, -0.25) is 10.1 Å². The van der Waals surface area contributed by atoms with Crippen LogP contribution in [0, 0.1) is 17.0 Å². The molecule has 0 aliphatic heterocycles. The van der Waals surface area contributed by atoms with Crippen LogP contribution in [0.3, 0.4) is 0 Å². The number of thiazole rings is 1. The number of benzene rings is 1. The second-order valence-corrected chi connectivity index (χ2v) is 6.07. The number of nitro benzene ring substituents is 1. The highest BCUT2D eigenvalue weighted by Gasteiger charge is 2.32. The first-order valence-corrected chi connectivity index (χ1v) is 7.24. The van der Waals surface area contributed by atoms with Crippen LogP contribution in [0.25, 0.3) is 0 Å². The average molecular weight is 368 g/mol. The lowest BCUT2D eigenvalue weighted by Gasteiger charge is -2.13. The molecule has 2 rings (SSSR count). The molecule has 124 valence electrons. The first kappa shape index (κ1) is 17.3. The first-order valence-electron chi connectivity index (χ1n) is 6.04. The van der Waals surface area contributed by atoms with Crippen LogP contribution < -0.4 is 10.1 Å². The Kier molecular flexibility index (Phi) is 4.95. The van der Waals surface area contributed by atoms with E-state index < -0.39 is 22.7 Å². The number of alkyl halides is 3. The monoisotopic (exact) mass is 367 g/mol. The molecule has 11 heteroatoms. The molecule has 0 amide bonds. The highest BCUT2D eigenvalue weighted by molar-refractivity contribution is 7.15. The molecule has 0 fully saturated rings. The van der Waals surface area contributed by atoms with Crippen LogP contribution in [0.1, 0.15) is 10.4 Å². The van der Waals surface area contributed by atoms with Crippen molar-refractivity contribution in [2.24, 2.45) is 0 Å². The van der Waals surface area contributed by atoms with Gasteiger partial charge in [0.05, 0.1) is 17.5 Å². The summed E-state index contributed by atoms with van der Waals surface area (Å²) in [6.45, 7) is 1.64. The number of hydrogen-bond acceptors (Lipinski definition) is 6. The van der Waals surface area contributed by atoms with Gasteiger partial charge in [-0.15, -0.1) is 24.5 Å². The standard InChI is InChI=1S/C12H9ClF3N3O3S/c1-6-2-7(22-12(14,15)16)3-9(19(20)21)10(6)17-4-8-5-18-11(13)23-8/h2-3,5,17H,4H2,1H3. The quantitative estimate of drug-likeness (QED) is 0.620.